The quantitative estimate of drug-likeness (QED) is 0.670. The average molecular weight is 332 g/mol. The highest BCUT2D eigenvalue weighted by atomic mass is 79.9. The van der Waals surface area contributed by atoms with Gasteiger partial charge in [0.15, 0.2) is 0 Å². The van der Waals surface area contributed by atoms with Crippen LogP contribution in [0.4, 0.5) is 8.78 Å². The van der Waals surface area contributed by atoms with Crippen molar-refractivity contribution >= 4 is 27.5 Å². The summed E-state index contributed by atoms with van der Waals surface area (Å²) >= 11 is 9.14. The molecule has 0 spiro atoms. The molecule has 0 aliphatic rings. The number of alkyl halides is 1. The lowest BCUT2D eigenvalue weighted by Gasteiger charge is -2.11. The van der Waals surface area contributed by atoms with Crippen LogP contribution in [0.15, 0.2) is 42.5 Å². The summed E-state index contributed by atoms with van der Waals surface area (Å²) < 4.78 is 26.5. The molecule has 0 amide bonds. The van der Waals surface area contributed by atoms with Crippen molar-refractivity contribution in [2.24, 2.45) is 0 Å². The fourth-order valence-electron chi connectivity index (χ4n) is 1.69. The molecule has 0 saturated heterocycles. The van der Waals surface area contributed by atoms with Crippen LogP contribution in [0.5, 0.6) is 0 Å². The highest BCUT2D eigenvalue weighted by Crippen LogP contribution is 2.30. The third kappa shape index (κ3) is 3.30. The summed E-state index contributed by atoms with van der Waals surface area (Å²) in [5, 5.41) is 0.373. The van der Waals surface area contributed by atoms with E-state index in [1.165, 1.54) is 18.2 Å². The van der Waals surface area contributed by atoms with Crippen LogP contribution in [0, 0.1) is 11.6 Å². The van der Waals surface area contributed by atoms with Gasteiger partial charge in [0, 0.05) is 15.4 Å². The van der Waals surface area contributed by atoms with E-state index in [9.17, 15) is 8.78 Å². The van der Waals surface area contributed by atoms with Gasteiger partial charge < -0.3 is 0 Å². The molecule has 0 nitrogen and oxygen atoms in total. The van der Waals surface area contributed by atoms with E-state index < -0.39 is 0 Å². The second kappa shape index (κ2) is 5.81. The summed E-state index contributed by atoms with van der Waals surface area (Å²) in [6, 6.07) is 10.8. The van der Waals surface area contributed by atoms with Crippen LogP contribution >= 0.6 is 27.5 Å². The Morgan fingerprint density at radius 2 is 1.72 bits per heavy atom. The topological polar surface area (TPSA) is 0 Å². The predicted molar refractivity (Wildman–Crippen MR) is 73.2 cm³/mol. The molecule has 0 saturated carbocycles. The van der Waals surface area contributed by atoms with Crippen LogP contribution in [-0.2, 0) is 6.42 Å². The Balaban J connectivity index is 2.16. The SMILES string of the molecule is Fc1ccc(CC(Br)c2ccc(Cl)cc2F)cc1. The van der Waals surface area contributed by atoms with Gasteiger partial charge in [-0.2, -0.15) is 0 Å². The van der Waals surface area contributed by atoms with Gasteiger partial charge in [0.1, 0.15) is 11.6 Å². The van der Waals surface area contributed by atoms with Crippen molar-refractivity contribution in [3.63, 3.8) is 0 Å². The van der Waals surface area contributed by atoms with Gasteiger partial charge in [0.2, 0.25) is 0 Å². The molecule has 1 atom stereocenters. The van der Waals surface area contributed by atoms with E-state index in [-0.39, 0.29) is 16.5 Å². The number of hydrogen-bond acceptors (Lipinski definition) is 0. The Kier molecular flexibility index (Phi) is 4.36. The molecule has 18 heavy (non-hydrogen) atoms. The molecule has 2 aromatic rings. The Hall–Kier alpha value is -0.930. The van der Waals surface area contributed by atoms with Gasteiger partial charge in [0.05, 0.1) is 0 Å². The van der Waals surface area contributed by atoms with E-state index in [0.29, 0.717) is 17.0 Å². The fraction of sp³-hybridized carbons (Fsp3) is 0.143. The van der Waals surface area contributed by atoms with Crippen molar-refractivity contribution in [3.05, 3.63) is 70.2 Å². The number of benzene rings is 2. The van der Waals surface area contributed by atoms with Crippen LogP contribution in [0.2, 0.25) is 5.02 Å². The number of rotatable bonds is 3. The van der Waals surface area contributed by atoms with Gasteiger partial charge in [-0.25, -0.2) is 8.78 Å². The maximum absolute atomic E-state index is 13.7. The maximum atomic E-state index is 13.7. The third-order valence-corrected chi connectivity index (χ3v) is 3.68. The van der Waals surface area contributed by atoms with Crippen molar-refractivity contribution in [2.45, 2.75) is 11.2 Å². The van der Waals surface area contributed by atoms with Crippen molar-refractivity contribution in [1.82, 2.24) is 0 Å². The van der Waals surface area contributed by atoms with Gasteiger partial charge in [-0.3, -0.25) is 0 Å². The smallest absolute Gasteiger partial charge is 0.129 e. The lowest BCUT2D eigenvalue weighted by Crippen LogP contribution is -1.98. The molecular formula is C14H10BrClF2. The van der Waals surface area contributed by atoms with Crippen molar-refractivity contribution in [1.29, 1.82) is 0 Å². The Bertz CT molecular complexity index is 540. The van der Waals surface area contributed by atoms with Gasteiger partial charge in [-0.05, 0) is 36.2 Å². The van der Waals surface area contributed by atoms with Crippen molar-refractivity contribution in [3.8, 4) is 0 Å². The van der Waals surface area contributed by atoms with Crippen molar-refractivity contribution < 1.29 is 8.78 Å². The minimum Gasteiger partial charge on any atom is -0.207 e. The zero-order chi connectivity index (χ0) is 13.1. The molecule has 0 radical (unpaired) electrons. The monoisotopic (exact) mass is 330 g/mol. The minimum atomic E-state index is -0.341. The molecule has 1 unspecified atom stereocenters. The van der Waals surface area contributed by atoms with E-state index in [4.69, 9.17) is 11.6 Å². The standard InChI is InChI=1S/C14H10BrClF2/c15-13(7-9-1-4-11(17)5-2-9)12-6-3-10(16)8-14(12)18/h1-6,8,13H,7H2. The highest BCUT2D eigenvalue weighted by molar-refractivity contribution is 9.09. The molecule has 4 heteroatoms. The van der Waals surface area contributed by atoms with Gasteiger partial charge in [0.25, 0.3) is 0 Å². The second-order valence-corrected chi connectivity index (χ2v) is 5.51. The molecule has 0 bridgehead atoms. The lowest BCUT2D eigenvalue weighted by molar-refractivity contribution is 0.607. The third-order valence-electron chi connectivity index (χ3n) is 2.63. The number of halogens is 4. The van der Waals surface area contributed by atoms with E-state index >= 15 is 0 Å². The molecular weight excluding hydrogens is 322 g/mol. The van der Waals surface area contributed by atoms with Gasteiger partial charge in [-0.1, -0.05) is 45.7 Å². The van der Waals surface area contributed by atoms with Crippen LogP contribution in [0.25, 0.3) is 0 Å². The van der Waals surface area contributed by atoms with E-state index in [1.807, 2.05) is 0 Å². The van der Waals surface area contributed by atoms with Crippen molar-refractivity contribution in [2.75, 3.05) is 0 Å². The van der Waals surface area contributed by atoms with Crippen LogP contribution < -0.4 is 0 Å². The molecule has 0 aliphatic heterocycles. The highest BCUT2D eigenvalue weighted by Gasteiger charge is 2.13. The molecule has 2 aromatic carbocycles. The van der Waals surface area contributed by atoms with Gasteiger partial charge >= 0.3 is 0 Å². The first-order valence-electron chi connectivity index (χ1n) is 5.40. The lowest BCUT2D eigenvalue weighted by atomic mass is 10.0. The summed E-state index contributed by atoms with van der Waals surface area (Å²) in [6.07, 6.45) is 0.582. The van der Waals surface area contributed by atoms with Gasteiger partial charge in [-0.15, -0.1) is 0 Å². The normalized spacial score (nSPS) is 12.4. The predicted octanol–water partition coefficient (Wildman–Crippen LogP) is 5.30. The fourth-order valence-corrected chi connectivity index (χ4v) is 2.60. The molecule has 0 heterocycles. The first kappa shape index (κ1) is 13.5. The summed E-state index contributed by atoms with van der Waals surface area (Å²) in [5.41, 5.74) is 1.48. The first-order valence-corrected chi connectivity index (χ1v) is 6.69. The summed E-state index contributed by atoms with van der Waals surface area (Å²) in [6.45, 7) is 0. The zero-order valence-electron chi connectivity index (χ0n) is 9.34. The summed E-state index contributed by atoms with van der Waals surface area (Å²) in [7, 11) is 0. The Morgan fingerprint density at radius 3 is 2.33 bits per heavy atom. The van der Waals surface area contributed by atoms with Crippen LogP contribution in [-0.4, -0.2) is 0 Å². The molecule has 0 fully saturated rings. The van der Waals surface area contributed by atoms with E-state index in [1.54, 1.807) is 24.3 Å². The summed E-state index contributed by atoms with van der Waals surface area (Å²) in [4.78, 5) is -0.166. The second-order valence-electron chi connectivity index (χ2n) is 3.96. The maximum Gasteiger partial charge on any atom is 0.129 e. The minimum absolute atomic E-state index is 0.166. The molecule has 2 rings (SSSR count). The van der Waals surface area contributed by atoms with Crippen LogP contribution in [0.1, 0.15) is 16.0 Å². The first-order chi connectivity index (χ1) is 8.56. The zero-order valence-corrected chi connectivity index (χ0v) is 11.7. The molecule has 0 aromatic heterocycles. The molecule has 0 N–H and O–H groups in total. The average Bonchev–Trinajstić information content (AvgIpc) is 2.32. The molecule has 94 valence electrons. The number of hydrogen-bond donors (Lipinski definition) is 0. The summed E-state index contributed by atoms with van der Waals surface area (Å²) in [5.74, 6) is -0.617. The Labute approximate surface area is 118 Å². The van der Waals surface area contributed by atoms with E-state index in [0.717, 1.165) is 5.56 Å². The molecule has 0 aliphatic carbocycles. The Morgan fingerprint density at radius 1 is 1.06 bits per heavy atom. The van der Waals surface area contributed by atoms with Crippen LogP contribution in [0.3, 0.4) is 0 Å². The van der Waals surface area contributed by atoms with E-state index in [2.05, 4.69) is 15.9 Å². The largest absolute Gasteiger partial charge is 0.207 e.